The summed E-state index contributed by atoms with van der Waals surface area (Å²) < 4.78 is 9.46. The summed E-state index contributed by atoms with van der Waals surface area (Å²) in [5.74, 6) is -2.45. The number of amides is 2. The van der Waals surface area contributed by atoms with Gasteiger partial charge < -0.3 is 19.7 Å². The largest absolute Gasteiger partial charge is 0.465 e. The molecule has 1 saturated heterocycles. The van der Waals surface area contributed by atoms with E-state index in [1.165, 1.54) is 32.4 Å². The number of nitrogens with zero attached hydrogens (tertiary/aromatic N) is 1. The van der Waals surface area contributed by atoms with Crippen LogP contribution in [0.15, 0.2) is 36.4 Å². The van der Waals surface area contributed by atoms with Crippen LogP contribution in [0.1, 0.15) is 38.3 Å². The van der Waals surface area contributed by atoms with E-state index in [0.717, 1.165) is 16.8 Å². The van der Waals surface area contributed by atoms with Crippen LogP contribution in [0.3, 0.4) is 0 Å². The van der Waals surface area contributed by atoms with Crippen molar-refractivity contribution in [2.45, 2.75) is 20.3 Å². The maximum Gasteiger partial charge on any atom is 0.339 e. The lowest BCUT2D eigenvalue weighted by atomic mass is 10.1. The van der Waals surface area contributed by atoms with Gasteiger partial charge in [0.2, 0.25) is 11.8 Å². The molecule has 1 heterocycles. The Kier molecular flexibility index (Phi) is 6.39. The molecule has 0 aromatic heterocycles. The third-order valence-corrected chi connectivity index (χ3v) is 5.12. The molecule has 3 rings (SSSR count). The first kappa shape index (κ1) is 22.0. The Morgan fingerprint density at radius 3 is 2.23 bits per heavy atom. The van der Waals surface area contributed by atoms with Crippen LogP contribution in [0.4, 0.5) is 11.4 Å². The number of aryl methyl sites for hydroxylation is 2. The minimum absolute atomic E-state index is 0.0447. The van der Waals surface area contributed by atoms with Crippen molar-refractivity contribution in [2.75, 3.05) is 31.0 Å². The third-order valence-electron chi connectivity index (χ3n) is 5.12. The maximum absolute atomic E-state index is 12.9. The summed E-state index contributed by atoms with van der Waals surface area (Å²) in [5, 5.41) is 2.68. The fourth-order valence-electron chi connectivity index (χ4n) is 3.65. The van der Waals surface area contributed by atoms with Gasteiger partial charge >= 0.3 is 11.9 Å². The molecule has 2 aromatic rings. The van der Waals surface area contributed by atoms with E-state index in [0.29, 0.717) is 0 Å². The minimum atomic E-state index is -0.661. The molecule has 0 spiro atoms. The molecule has 0 radical (unpaired) electrons. The summed E-state index contributed by atoms with van der Waals surface area (Å²) in [5.41, 5.74) is 3.19. The van der Waals surface area contributed by atoms with Crippen molar-refractivity contribution in [1.82, 2.24) is 0 Å². The topological polar surface area (TPSA) is 102 Å². The monoisotopic (exact) mass is 424 g/mol. The van der Waals surface area contributed by atoms with Gasteiger partial charge in [-0.25, -0.2) is 9.59 Å². The Hall–Kier alpha value is -3.68. The average Bonchev–Trinajstić information content (AvgIpc) is 3.13. The Morgan fingerprint density at radius 1 is 0.968 bits per heavy atom. The smallest absolute Gasteiger partial charge is 0.339 e. The average molecular weight is 424 g/mol. The number of benzene rings is 2. The standard InChI is InChI=1S/C23H24N2O6/c1-13-7-14(2)9-17(8-13)25-12-16(11-20(25)26)21(27)24-19-10-15(22(28)30-3)5-6-18(19)23(29)31-4/h5-10,16H,11-12H2,1-4H3,(H,24,27). The third kappa shape index (κ3) is 4.74. The van der Waals surface area contributed by atoms with Gasteiger partial charge in [-0.3, -0.25) is 9.59 Å². The Morgan fingerprint density at radius 2 is 1.61 bits per heavy atom. The first-order chi connectivity index (χ1) is 14.7. The predicted molar refractivity (Wildman–Crippen MR) is 114 cm³/mol. The predicted octanol–water partition coefficient (Wildman–Crippen LogP) is 2.87. The van der Waals surface area contributed by atoms with Crippen LogP contribution in [-0.4, -0.2) is 44.5 Å². The zero-order valence-corrected chi connectivity index (χ0v) is 17.9. The van der Waals surface area contributed by atoms with Gasteiger partial charge in [0.15, 0.2) is 0 Å². The highest BCUT2D eigenvalue weighted by atomic mass is 16.5. The molecular weight excluding hydrogens is 400 g/mol. The summed E-state index contributed by atoms with van der Waals surface area (Å²) in [6.07, 6.45) is 0.0447. The van der Waals surface area contributed by atoms with Crippen molar-refractivity contribution in [1.29, 1.82) is 0 Å². The summed E-state index contributed by atoms with van der Waals surface area (Å²) >= 11 is 0. The van der Waals surface area contributed by atoms with Crippen molar-refractivity contribution in [2.24, 2.45) is 5.92 Å². The highest BCUT2D eigenvalue weighted by Gasteiger charge is 2.35. The van der Waals surface area contributed by atoms with E-state index in [1.54, 1.807) is 4.90 Å². The number of hydrogen-bond donors (Lipinski definition) is 1. The van der Waals surface area contributed by atoms with Crippen molar-refractivity contribution >= 4 is 35.1 Å². The van der Waals surface area contributed by atoms with E-state index >= 15 is 0 Å². The summed E-state index contributed by atoms with van der Waals surface area (Å²) in [6, 6.07) is 9.97. The van der Waals surface area contributed by atoms with Crippen molar-refractivity contribution in [3.63, 3.8) is 0 Å². The van der Waals surface area contributed by atoms with Crippen LogP contribution in [-0.2, 0) is 19.1 Å². The summed E-state index contributed by atoms with van der Waals surface area (Å²) in [6.45, 7) is 4.12. The molecule has 1 N–H and O–H groups in total. The van der Waals surface area contributed by atoms with Crippen molar-refractivity contribution in [3.8, 4) is 0 Å². The van der Waals surface area contributed by atoms with E-state index in [-0.39, 0.29) is 35.7 Å². The van der Waals surface area contributed by atoms with Gasteiger partial charge in [-0.15, -0.1) is 0 Å². The maximum atomic E-state index is 12.9. The van der Waals surface area contributed by atoms with Gasteiger partial charge in [0.25, 0.3) is 0 Å². The van der Waals surface area contributed by atoms with Crippen molar-refractivity contribution in [3.05, 3.63) is 58.7 Å². The number of carbonyl (C=O) groups is 4. The Balaban J connectivity index is 1.83. The molecule has 162 valence electrons. The van der Waals surface area contributed by atoms with E-state index in [9.17, 15) is 19.2 Å². The number of ether oxygens (including phenoxy) is 2. The van der Waals surface area contributed by atoms with Gasteiger partial charge in [-0.2, -0.15) is 0 Å². The molecule has 1 fully saturated rings. The number of methoxy groups -OCH3 is 2. The second kappa shape index (κ2) is 8.99. The SMILES string of the molecule is COC(=O)c1ccc(C(=O)OC)c(NC(=O)C2CC(=O)N(c3cc(C)cc(C)c3)C2)c1. The fraction of sp³-hybridized carbons (Fsp3) is 0.304. The molecule has 31 heavy (non-hydrogen) atoms. The molecule has 1 atom stereocenters. The Bertz CT molecular complexity index is 1040. The molecule has 0 bridgehead atoms. The summed E-state index contributed by atoms with van der Waals surface area (Å²) in [4.78, 5) is 51.0. The molecule has 0 saturated carbocycles. The fourth-order valence-corrected chi connectivity index (χ4v) is 3.65. The molecule has 8 heteroatoms. The zero-order valence-electron chi connectivity index (χ0n) is 17.9. The number of hydrogen-bond acceptors (Lipinski definition) is 6. The van der Waals surface area contributed by atoms with Crippen LogP contribution >= 0.6 is 0 Å². The van der Waals surface area contributed by atoms with Crippen molar-refractivity contribution < 1.29 is 28.7 Å². The Labute approximate surface area is 180 Å². The highest BCUT2D eigenvalue weighted by molar-refractivity contribution is 6.07. The first-order valence-corrected chi connectivity index (χ1v) is 9.73. The highest BCUT2D eigenvalue weighted by Crippen LogP contribution is 2.28. The molecule has 1 aliphatic heterocycles. The lowest BCUT2D eigenvalue weighted by Crippen LogP contribution is -2.28. The lowest BCUT2D eigenvalue weighted by Gasteiger charge is -2.18. The number of rotatable bonds is 5. The van der Waals surface area contributed by atoms with Gasteiger partial charge in [0, 0.05) is 18.7 Å². The van der Waals surface area contributed by atoms with Gasteiger partial charge in [-0.1, -0.05) is 6.07 Å². The quantitative estimate of drug-likeness (QED) is 0.741. The van der Waals surface area contributed by atoms with Crippen LogP contribution in [0.2, 0.25) is 0 Å². The molecule has 1 aliphatic rings. The second-order valence-electron chi connectivity index (χ2n) is 7.48. The van der Waals surface area contributed by atoms with Crippen LogP contribution in [0.25, 0.3) is 0 Å². The summed E-state index contributed by atoms with van der Waals surface area (Å²) in [7, 11) is 2.46. The van der Waals surface area contributed by atoms with Gasteiger partial charge in [-0.05, 0) is 55.3 Å². The van der Waals surface area contributed by atoms with E-state index in [4.69, 9.17) is 9.47 Å². The van der Waals surface area contributed by atoms with E-state index < -0.39 is 23.8 Å². The molecule has 2 aromatic carbocycles. The molecule has 0 aliphatic carbocycles. The van der Waals surface area contributed by atoms with Crippen LogP contribution < -0.4 is 10.2 Å². The normalized spacial score (nSPS) is 15.5. The van der Waals surface area contributed by atoms with Crippen LogP contribution in [0, 0.1) is 19.8 Å². The zero-order chi connectivity index (χ0) is 22.7. The molecule has 2 amide bonds. The van der Waals surface area contributed by atoms with E-state index in [2.05, 4.69) is 5.32 Å². The van der Waals surface area contributed by atoms with Gasteiger partial charge in [0.1, 0.15) is 0 Å². The number of nitrogens with one attached hydrogen (secondary N) is 1. The van der Waals surface area contributed by atoms with E-state index in [1.807, 2.05) is 32.0 Å². The van der Waals surface area contributed by atoms with Gasteiger partial charge in [0.05, 0.1) is 37.0 Å². The number of esters is 2. The molecule has 1 unspecified atom stereocenters. The minimum Gasteiger partial charge on any atom is -0.465 e. The molecular formula is C23H24N2O6. The number of carbonyl (C=O) groups excluding carboxylic acids is 4. The lowest BCUT2D eigenvalue weighted by molar-refractivity contribution is -0.122. The second-order valence-corrected chi connectivity index (χ2v) is 7.48. The first-order valence-electron chi connectivity index (χ1n) is 9.73. The molecule has 8 nitrogen and oxygen atoms in total. The van der Waals surface area contributed by atoms with Crippen LogP contribution in [0.5, 0.6) is 0 Å². The number of anilines is 2.